The average molecular weight is 232 g/mol. The van der Waals surface area contributed by atoms with Crippen molar-refractivity contribution in [2.24, 2.45) is 0 Å². The van der Waals surface area contributed by atoms with E-state index in [9.17, 15) is 4.79 Å². The van der Waals surface area contributed by atoms with Crippen molar-refractivity contribution in [2.45, 2.75) is 20.3 Å². The molecule has 0 spiro atoms. The van der Waals surface area contributed by atoms with E-state index in [-0.39, 0.29) is 5.91 Å². The van der Waals surface area contributed by atoms with Gasteiger partial charge in [0.05, 0.1) is 6.54 Å². The number of hydrogen-bond acceptors (Lipinski definition) is 2. The number of nitrogens with one attached hydrogen (secondary N) is 2. The van der Waals surface area contributed by atoms with E-state index in [2.05, 4.69) is 16.7 Å². The van der Waals surface area contributed by atoms with Gasteiger partial charge >= 0.3 is 0 Å². The van der Waals surface area contributed by atoms with Gasteiger partial charge in [-0.1, -0.05) is 30.4 Å². The molecule has 1 aromatic rings. The second-order valence-corrected chi connectivity index (χ2v) is 3.90. The monoisotopic (exact) mass is 232 g/mol. The molecule has 0 saturated heterocycles. The third-order valence-corrected chi connectivity index (χ3v) is 2.43. The van der Waals surface area contributed by atoms with Crippen LogP contribution in [-0.2, 0) is 4.79 Å². The molecule has 0 radical (unpaired) electrons. The van der Waals surface area contributed by atoms with Crippen molar-refractivity contribution >= 4 is 11.6 Å². The Hall–Kier alpha value is -1.61. The molecule has 0 heterocycles. The summed E-state index contributed by atoms with van der Waals surface area (Å²) in [6.07, 6.45) is 5.04. The molecule has 92 valence electrons. The second-order valence-electron chi connectivity index (χ2n) is 3.90. The van der Waals surface area contributed by atoms with Crippen LogP contribution >= 0.6 is 0 Å². The molecule has 0 bridgehead atoms. The van der Waals surface area contributed by atoms with Crippen molar-refractivity contribution < 1.29 is 4.79 Å². The predicted molar refractivity (Wildman–Crippen MR) is 72.1 cm³/mol. The maximum absolute atomic E-state index is 11.6. The third kappa shape index (κ3) is 5.31. The van der Waals surface area contributed by atoms with E-state index in [0.717, 1.165) is 24.2 Å². The summed E-state index contributed by atoms with van der Waals surface area (Å²) in [5.41, 5.74) is 1.96. The average Bonchev–Trinajstić information content (AvgIpc) is 2.32. The molecule has 0 atom stereocenters. The molecule has 3 heteroatoms. The third-order valence-electron chi connectivity index (χ3n) is 2.43. The van der Waals surface area contributed by atoms with Crippen molar-refractivity contribution in [3.8, 4) is 0 Å². The number of anilines is 1. The molecule has 0 saturated carbocycles. The lowest BCUT2D eigenvalue weighted by molar-refractivity contribution is -0.115. The molecule has 0 aromatic heterocycles. The van der Waals surface area contributed by atoms with Gasteiger partial charge in [-0.25, -0.2) is 0 Å². The Bertz CT molecular complexity index is 386. The van der Waals surface area contributed by atoms with Crippen LogP contribution in [0.15, 0.2) is 36.4 Å². The van der Waals surface area contributed by atoms with E-state index >= 15 is 0 Å². The highest BCUT2D eigenvalue weighted by atomic mass is 16.1. The van der Waals surface area contributed by atoms with Crippen LogP contribution in [-0.4, -0.2) is 19.0 Å². The highest BCUT2D eigenvalue weighted by Crippen LogP contribution is 2.12. The lowest BCUT2D eigenvalue weighted by atomic mass is 10.2. The van der Waals surface area contributed by atoms with Gasteiger partial charge in [-0.3, -0.25) is 4.79 Å². The molecule has 3 nitrogen and oxygen atoms in total. The van der Waals surface area contributed by atoms with Crippen LogP contribution in [0.5, 0.6) is 0 Å². The van der Waals surface area contributed by atoms with Crippen molar-refractivity contribution in [1.82, 2.24) is 5.32 Å². The van der Waals surface area contributed by atoms with Gasteiger partial charge in [0, 0.05) is 5.69 Å². The Morgan fingerprint density at radius 1 is 1.35 bits per heavy atom. The summed E-state index contributed by atoms with van der Waals surface area (Å²) in [6.45, 7) is 5.15. The smallest absolute Gasteiger partial charge is 0.238 e. The van der Waals surface area contributed by atoms with Crippen molar-refractivity contribution in [1.29, 1.82) is 0 Å². The van der Waals surface area contributed by atoms with E-state index in [1.54, 1.807) is 0 Å². The van der Waals surface area contributed by atoms with E-state index in [1.807, 2.05) is 44.2 Å². The number of benzene rings is 1. The molecule has 1 rings (SSSR count). The maximum Gasteiger partial charge on any atom is 0.238 e. The minimum Gasteiger partial charge on any atom is -0.325 e. The molecular weight excluding hydrogens is 212 g/mol. The number of aryl methyl sites for hydroxylation is 1. The normalized spacial score (nSPS) is 10.7. The second kappa shape index (κ2) is 7.63. The van der Waals surface area contributed by atoms with Gasteiger partial charge in [0.25, 0.3) is 0 Å². The van der Waals surface area contributed by atoms with Crippen molar-refractivity contribution in [2.75, 3.05) is 18.4 Å². The van der Waals surface area contributed by atoms with Gasteiger partial charge in [0.2, 0.25) is 5.91 Å². The first kappa shape index (κ1) is 13.5. The fraction of sp³-hybridized carbons (Fsp3) is 0.357. The number of hydrogen-bond donors (Lipinski definition) is 2. The number of rotatable bonds is 6. The fourth-order valence-electron chi connectivity index (χ4n) is 1.46. The molecule has 0 aliphatic rings. The zero-order valence-corrected chi connectivity index (χ0v) is 10.5. The lowest BCUT2D eigenvalue weighted by Crippen LogP contribution is -2.28. The van der Waals surface area contributed by atoms with Crippen LogP contribution in [0.2, 0.25) is 0 Å². The molecule has 0 fully saturated rings. The van der Waals surface area contributed by atoms with Crippen molar-refractivity contribution in [3.05, 3.63) is 42.0 Å². The molecule has 2 N–H and O–H groups in total. The zero-order chi connectivity index (χ0) is 12.5. The summed E-state index contributed by atoms with van der Waals surface area (Å²) >= 11 is 0. The van der Waals surface area contributed by atoms with Gasteiger partial charge in [-0.15, -0.1) is 0 Å². The predicted octanol–water partition coefficient (Wildman–Crippen LogP) is 2.49. The summed E-state index contributed by atoms with van der Waals surface area (Å²) in [6, 6.07) is 7.77. The van der Waals surface area contributed by atoms with Crippen LogP contribution < -0.4 is 10.6 Å². The molecule has 0 aliphatic heterocycles. The van der Waals surface area contributed by atoms with Gasteiger partial charge in [0.1, 0.15) is 0 Å². The summed E-state index contributed by atoms with van der Waals surface area (Å²) < 4.78 is 0. The van der Waals surface area contributed by atoms with E-state index in [4.69, 9.17) is 0 Å². The Balaban J connectivity index is 2.28. The number of para-hydroxylation sites is 1. The lowest BCUT2D eigenvalue weighted by Gasteiger charge is -2.08. The number of carbonyl (C=O) groups excluding carboxylic acids is 1. The van der Waals surface area contributed by atoms with Crippen LogP contribution in [0.1, 0.15) is 18.9 Å². The topological polar surface area (TPSA) is 41.1 Å². The Kier molecular flexibility index (Phi) is 6.04. The Morgan fingerprint density at radius 2 is 2.12 bits per heavy atom. The summed E-state index contributed by atoms with van der Waals surface area (Å²) in [7, 11) is 0. The highest BCUT2D eigenvalue weighted by Gasteiger charge is 2.02. The highest BCUT2D eigenvalue weighted by molar-refractivity contribution is 5.92. The molecular formula is C14H20N2O. The number of carbonyl (C=O) groups is 1. The Labute approximate surface area is 103 Å². The van der Waals surface area contributed by atoms with Crippen molar-refractivity contribution in [3.63, 3.8) is 0 Å². The summed E-state index contributed by atoms with van der Waals surface area (Å²) in [4.78, 5) is 11.6. The maximum atomic E-state index is 11.6. The minimum absolute atomic E-state index is 0.000205. The first-order valence-electron chi connectivity index (χ1n) is 5.91. The standard InChI is InChI=1S/C14H20N2O/c1-3-4-7-10-15-11-14(17)16-13-9-6-5-8-12(13)2/h3-6,8-9,15H,7,10-11H2,1-2H3,(H,16,17)/b4-3+. The summed E-state index contributed by atoms with van der Waals surface area (Å²) in [5, 5.41) is 5.98. The largest absolute Gasteiger partial charge is 0.325 e. The van der Waals surface area contributed by atoms with Crippen LogP contribution in [0, 0.1) is 6.92 Å². The number of amides is 1. The van der Waals surface area contributed by atoms with Crippen LogP contribution in [0.3, 0.4) is 0 Å². The quantitative estimate of drug-likeness (QED) is 0.584. The first-order chi connectivity index (χ1) is 8.24. The van der Waals surface area contributed by atoms with E-state index in [0.29, 0.717) is 6.54 Å². The zero-order valence-electron chi connectivity index (χ0n) is 10.5. The molecule has 1 aromatic carbocycles. The SMILES string of the molecule is C/C=C/CCNCC(=O)Nc1ccccc1C. The minimum atomic E-state index is -0.000205. The molecule has 17 heavy (non-hydrogen) atoms. The molecule has 0 unspecified atom stereocenters. The van der Waals surface area contributed by atoms with E-state index < -0.39 is 0 Å². The summed E-state index contributed by atoms with van der Waals surface area (Å²) in [5.74, 6) is -0.000205. The van der Waals surface area contributed by atoms with Gasteiger partial charge in [-0.05, 0) is 38.4 Å². The molecule has 1 amide bonds. The first-order valence-corrected chi connectivity index (χ1v) is 5.91. The fourth-order valence-corrected chi connectivity index (χ4v) is 1.46. The number of allylic oxidation sites excluding steroid dienone is 1. The van der Waals surface area contributed by atoms with Crippen LogP contribution in [0.4, 0.5) is 5.69 Å². The molecule has 0 aliphatic carbocycles. The van der Waals surface area contributed by atoms with Gasteiger partial charge in [-0.2, -0.15) is 0 Å². The van der Waals surface area contributed by atoms with Gasteiger partial charge in [0.15, 0.2) is 0 Å². The van der Waals surface area contributed by atoms with Crippen LogP contribution in [0.25, 0.3) is 0 Å². The van der Waals surface area contributed by atoms with E-state index in [1.165, 1.54) is 0 Å². The van der Waals surface area contributed by atoms with Gasteiger partial charge < -0.3 is 10.6 Å². The Morgan fingerprint density at radius 3 is 2.82 bits per heavy atom.